The molecular formula is C19H20F3N2O3S+. The number of benzene rings is 2. The predicted octanol–water partition coefficient (Wildman–Crippen LogP) is 2.14. The summed E-state index contributed by atoms with van der Waals surface area (Å²) in [6.45, 7) is 0. The van der Waals surface area contributed by atoms with Crippen LogP contribution in [0.2, 0.25) is 0 Å². The molecule has 28 heavy (non-hydrogen) atoms. The van der Waals surface area contributed by atoms with Gasteiger partial charge in [0, 0.05) is 17.7 Å². The Morgan fingerprint density at radius 2 is 1.82 bits per heavy atom. The second-order valence-corrected chi connectivity index (χ2v) is 9.04. The lowest BCUT2D eigenvalue weighted by molar-refractivity contribution is -0.710. The van der Waals surface area contributed by atoms with Gasteiger partial charge in [-0.15, -0.1) is 0 Å². The third kappa shape index (κ3) is 5.11. The molecule has 1 saturated heterocycles. The average molecular weight is 413 g/mol. The summed E-state index contributed by atoms with van der Waals surface area (Å²) in [6.07, 6.45) is -4.08. The first-order chi connectivity index (χ1) is 13.1. The Labute approximate surface area is 160 Å². The SMILES string of the molecule is O=C(Nc1cccc(C(F)(F)F)c1)[C@H]([NH2+][C@H]1CCS(=O)(=O)C1)c1ccccc1. The van der Waals surface area contributed by atoms with Gasteiger partial charge in [0.1, 0.15) is 11.8 Å². The van der Waals surface area contributed by atoms with Crippen LogP contribution in [0.15, 0.2) is 54.6 Å². The molecule has 9 heteroatoms. The molecular weight excluding hydrogens is 393 g/mol. The Hall–Kier alpha value is -2.39. The maximum absolute atomic E-state index is 12.9. The third-order valence-corrected chi connectivity index (χ3v) is 6.42. The van der Waals surface area contributed by atoms with Crippen molar-refractivity contribution < 1.29 is 31.7 Å². The van der Waals surface area contributed by atoms with Crippen LogP contribution in [0.3, 0.4) is 0 Å². The lowest BCUT2D eigenvalue weighted by Crippen LogP contribution is -2.93. The van der Waals surface area contributed by atoms with Crippen molar-refractivity contribution in [1.82, 2.24) is 0 Å². The van der Waals surface area contributed by atoms with Crippen LogP contribution in [0.1, 0.15) is 23.6 Å². The summed E-state index contributed by atoms with van der Waals surface area (Å²) < 4.78 is 62.1. The molecule has 3 rings (SSSR count). The van der Waals surface area contributed by atoms with Crippen molar-refractivity contribution in [3.8, 4) is 0 Å². The number of amides is 1. The normalized spacial score (nSPS) is 19.9. The second kappa shape index (κ2) is 7.92. The molecule has 150 valence electrons. The van der Waals surface area contributed by atoms with Gasteiger partial charge in [-0.25, -0.2) is 8.42 Å². The van der Waals surface area contributed by atoms with Gasteiger partial charge in [0.25, 0.3) is 5.91 Å². The lowest BCUT2D eigenvalue weighted by Gasteiger charge is -2.19. The van der Waals surface area contributed by atoms with E-state index in [0.29, 0.717) is 12.0 Å². The zero-order valence-corrected chi connectivity index (χ0v) is 15.6. The topological polar surface area (TPSA) is 79.8 Å². The van der Waals surface area contributed by atoms with Gasteiger partial charge in [-0.3, -0.25) is 4.79 Å². The standard InChI is InChI=1S/C19H19F3N2O3S/c20-19(21,22)14-7-4-8-15(11-14)24-18(25)17(13-5-2-1-3-6-13)23-16-9-10-28(26,27)12-16/h1-8,11,16-17,23H,9-10,12H2,(H,24,25)/p+1/t16-,17+/m0/s1. The molecule has 0 bridgehead atoms. The van der Waals surface area contributed by atoms with E-state index in [1.165, 1.54) is 12.1 Å². The zero-order chi connectivity index (χ0) is 20.4. The van der Waals surface area contributed by atoms with E-state index >= 15 is 0 Å². The Morgan fingerprint density at radius 3 is 2.43 bits per heavy atom. The number of rotatable bonds is 5. The molecule has 3 N–H and O–H groups in total. The van der Waals surface area contributed by atoms with E-state index in [0.717, 1.165) is 12.1 Å². The largest absolute Gasteiger partial charge is 0.416 e. The van der Waals surface area contributed by atoms with E-state index < -0.39 is 33.5 Å². The van der Waals surface area contributed by atoms with Gasteiger partial charge < -0.3 is 10.6 Å². The summed E-state index contributed by atoms with van der Waals surface area (Å²) in [5.41, 5.74) is -0.170. The minimum atomic E-state index is -4.51. The number of alkyl halides is 3. The highest BCUT2D eigenvalue weighted by Gasteiger charge is 2.36. The highest BCUT2D eigenvalue weighted by molar-refractivity contribution is 7.91. The zero-order valence-electron chi connectivity index (χ0n) is 14.8. The van der Waals surface area contributed by atoms with Gasteiger partial charge >= 0.3 is 6.18 Å². The highest BCUT2D eigenvalue weighted by atomic mass is 32.2. The van der Waals surface area contributed by atoms with Gasteiger partial charge in [0.2, 0.25) is 0 Å². The number of nitrogens with two attached hydrogens (primary N) is 1. The van der Waals surface area contributed by atoms with Crippen molar-refractivity contribution >= 4 is 21.4 Å². The van der Waals surface area contributed by atoms with E-state index in [-0.39, 0.29) is 23.2 Å². The number of hydrogen-bond donors (Lipinski definition) is 2. The number of anilines is 1. The second-order valence-electron chi connectivity index (χ2n) is 6.81. The molecule has 1 heterocycles. The molecule has 0 saturated carbocycles. The summed E-state index contributed by atoms with van der Waals surface area (Å²) in [5, 5.41) is 4.21. The average Bonchev–Trinajstić information content (AvgIpc) is 2.98. The van der Waals surface area contributed by atoms with Crippen LogP contribution in [-0.2, 0) is 20.8 Å². The molecule has 1 aliphatic heterocycles. The lowest BCUT2D eigenvalue weighted by atomic mass is 10.0. The van der Waals surface area contributed by atoms with Crippen molar-refractivity contribution in [2.24, 2.45) is 0 Å². The molecule has 0 aromatic heterocycles. The van der Waals surface area contributed by atoms with E-state index in [9.17, 15) is 26.4 Å². The number of carbonyl (C=O) groups is 1. The van der Waals surface area contributed by atoms with E-state index in [1.807, 2.05) is 0 Å². The smallest absolute Gasteiger partial charge is 0.329 e. The van der Waals surface area contributed by atoms with Crippen molar-refractivity contribution in [1.29, 1.82) is 0 Å². The van der Waals surface area contributed by atoms with Crippen molar-refractivity contribution in [3.05, 3.63) is 65.7 Å². The van der Waals surface area contributed by atoms with Crippen molar-refractivity contribution in [2.75, 3.05) is 16.8 Å². The van der Waals surface area contributed by atoms with Gasteiger partial charge in [-0.2, -0.15) is 13.2 Å². The molecule has 0 aliphatic carbocycles. The first-order valence-electron chi connectivity index (χ1n) is 8.72. The highest BCUT2D eigenvalue weighted by Crippen LogP contribution is 2.30. The Bertz CT molecular complexity index is 946. The fourth-order valence-electron chi connectivity index (χ4n) is 3.25. The Balaban J connectivity index is 1.81. The number of sulfone groups is 1. The van der Waals surface area contributed by atoms with Crippen LogP contribution in [0.25, 0.3) is 0 Å². The van der Waals surface area contributed by atoms with E-state index in [4.69, 9.17) is 0 Å². The third-order valence-electron chi connectivity index (χ3n) is 4.63. The first-order valence-corrected chi connectivity index (χ1v) is 10.5. The maximum Gasteiger partial charge on any atom is 0.416 e. The molecule has 2 aromatic carbocycles. The minimum absolute atomic E-state index is 0.0207. The van der Waals surface area contributed by atoms with Gasteiger partial charge in [-0.1, -0.05) is 36.4 Å². The number of quaternary nitrogens is 1. The fourth-order valence-corrected chi connectivity index (χ4v) is 5.01. The summed E-state index contributed by atoms with van der Waals surface area (Å²) >= 11 is 0. The fraction of sp³-hybridized carbons (Fsp3) is 0.316. The summed E-state index contributed by atoms with van der Waals surface area (Å²) in [6, 6.07) is 12.1. The molecule has 0 unspecified atom stereocenters. The molecule has 0 radical (unpaired) electrons. The summed E-state index contributed by atoms with van der Waals surface area (Å²) in [5.74, 6) is -0.451. The predicted molar refractivity (Wildman–Crippen MR) is 98.2 cm³/mol. The molecule has 5 nitrogen and oxygen atoms in total. The van der Waals surface area contributed by atoms with Crippen LogP contribution >= 0.6 is 0 Å². The van der Waals surface area contributed by atoms with E-state index in [1.54, 1.807) is 35.6 Å². The Kier molecular flexibility index (Phi) is 5.76. The summed E-state index contributed by atoms with van der Waals surface area (Å²) in [7, 11) is -3.12. The van der Waals surface area contributed by atoms with Crippen LogP contribution in [0, 0.1) is 0 Å². The number of nitrogens with one attached hydrogen (secondary N) is 1. The molecule has 2 aromatic rings. The monoisotopic (exact) mass is 413 g/mol. The van der Waals surface area contributed by atoms with E-state index in [2.05, 4.69) is 5.32 Å². The van der Waals surface area contributed by atoms with Crippen molar-refractivity contribution in [2.45, 2.75) is 24.7 Å². The Morgan fingerprint density at radius 1 is 1.11 bits per heavy atom. The summed E-state index contributed by atoms with van der Waals surface area (Å²) in [4.78, 5) is 12.9. The van der Waals surface area contributed by atoms with Crippen LogP contribution < -0.4 is 10.6 Å². The number of halogens is 3. The molecule has 1 amide bonds. The minimum Gasteiger partial charge on any atom is -0.329 e. The molecule has 0 spiro atoms. The van der Waals surface area contributed by atoms with Crippen LogP contribution in [0.4, 0.5) is 18.9 Å². The molecule has 1 fully saturated rings. The maximum atomic E-state index is 12.9. The van der Waals surface area contributed by atoms with Gasteiger partial charge in [0.15, 0.2) is 15.9 Å². The van der Waals surface area contributed by atoms with Crippen molar-refractivity contribution in [3.63, 3.8) is 0 Å². The molecule has 1 aliphatic rings. The van der Waals surface area contributed by atoms with Crippen LogP contribution in [0.5, 0.6) is 0 Å². The first kappa shape index (κ1) is 20.3. The number of carbonyl (C=O) groups excluding carboxylic acids is 1. The van der Waals surface area contributed by atoms with Crippen LogP contribution in [-0.4, -0.2) is 31.9 Å². The quantitative estimate of drug-likeness (QED) is 0.788. The van der Waals surface area contributed by atoms with Gasteiger partial charge in [0.05, 0.1) is 11.3 Å². The molecule has 2 atom stereocenters. The number of hydrogen-bond acceptors (Lipinski definition) is 3. The van der Waals surface area contributed by atoms with Gasteiger partial charge in [-0.05, 0) is 18.2 Å².